The van der Waals surface area contributed by atoms with E-state index in [9.17, 15) is 19.2 Å². The smallest absolute Gasteiger partial charge is 0.328 e. The van der Waals surface area contributed by atoms with Crippen LogP contribution >= 0.6 is 0 Å². The van der Waals surface area contributed by atoms with E-state index in [1.807, 2.05) is 0 Å². The maximum absolute atomic E-state index is 12.1. The SMILES string of the molecule is CC(=O)CC(NC(=O)/C=C\C(=O)O)C(=O)C(C)(C)C. The summed E-state index contributed by atoms with van der Waals surface area (Å²) in [6.45, 7) is 6.37. The number of rotatable bonds is 6. The van der Waals surface area contributed by atoms with Gasteiger partial charge in [-0.2, -0.15) is 0 Å². The second-order valence-corrected chi connectivity index (χ2v) is 5.25. The van der Waals surface area contributed by atoms with Gasteiger partial charge in [-0.05, 0) is 6.92 Å². The zero-order valence-corrected chi connectivity index (χ0v) is 11.5. The van der Waals surface area contributed by atoms with Gasteiger partial charge in [-0.25, -0.2) is 4.79 Å². The molecule has 19 heavy (non-hydrogen) atoms. The van der Waals surface area contributed by atoms with Gasteiger partial charge in [0.05, 0.1) is 6.04 Å². The van der Waals surface area contributed by atoms with E-state index in [0.717, 1.165) is 6.08 Å². The Bertz CT molecular complexity index is 417. The summed E-state index contributed by atoms with van der Waals surface area (Å²) in [7, 11) is 0. The lowest BCUT2D eigenvalue weighted by Crippen LogP contribution is -2.46. The molecule has 0 saturated heterocycles. The minimum Gasteiger partial charge on any atom is -0.478 e. The van der Waals surface area contributed by atoms with Crippen LogP contribution in [0.1, 0.15) is 34.1 Å². The quantitative estimate of drug-likeness (QED) is 0.691. The molecule has 0 rings (SSSR count). The van der Waals surface area contributed by atoms with E-state index in [1.165, 1.54) is 6.92 Å². The normalized spacial score (nSPS) is 13.1. The maximum Gasteiger partial charge on any atom is 0.328 e. The highest BCUT2D eigenvalue weighted by Gasteiger charge is 2.31. The highest BCUT2D eigenvalue weighted by Crippen LogP contribution is 2.18. The van der Waals surface area contributed by atoms with Gasteiger partial charge in [0.1, 0.15) is 5.78 Å². The number of nitrogens with one attached hydrogen (secondary N) is 1. The molecule has 0 aromatic heterocycles. The summed E-state index contributed by atoms with van der Waals surface area (Å²) in [5.41, 5.74) is -0.704. The first-order valence-corrected chi connectivity index (χ1v) is 5.79. The van der Waals surface area contributed by atoms with Crippen molar-refractivity contribution in [3.05, 3.63) is 12.2 Å². The Balaban J connectivity index is 4.88. The van der Waals surface area contributed by atoms with E-state index < -0.39 is 23.3 Å². The number of amides is 1. The summed E-state index contributed by atoms with van der Waals surface area (Å²) in [6, 6.07) is -0.941. The molecule has 0 aromatic carbocycles. The van der Waals surface area contributed by atoms with Gasteiger partial charge in [-0.3, -0.25) is 14.4 Å². The summed E-state index contributed by atoms with van der Waals surface area (Å²) >= 11 is 0. The van der Waals surface area contributed by atoms with Crippen molar-refractivity contribution in [2.75, 3.05) is 0 Å². The molecule has 0 spiro atoms. The van der Waals surface area contributed by atoms with E-state index >= 15 is 0 Å². The van der Waals surface area contributed by atoms with Crippen LogP contribution in [0.25, 0.3) is 0 Å². The summed E-state index contributed by atoms with van der Waals surface area (Å²) in [6.07, 6.45) is 1.37. The first-order valence-electron chi connectivity index (χ1n) is 5.79. The second-order valence-electron chi connectivity index (χ2n) is 5.25. The van der Waals surface area contributed by atoms with Gasteiger partial charge in [0.15, 0.2) is 5.78 Å². The lowest BCUT2D eigenvalue weighted by atomic mass is 9.85. The van der Waals surface area contributed by atoms with Crippen LogP contribution in [0.4, 0.5) is 0 Å². The Kier molecular flexibility index (Phi) is 6.11. The van der Waals surface area contributed by atoms with Crippen molar-refractivity contribution < 1.29 is 24.3 Å². The van der Waals surface area contributed by atoms with Crippen LogP contribution in [-0.4, -0.2) is 34.6 Å². The van der Waals surface area contributed by atoms with Gasteiger partial charge >= 0.3 is 5.97 Å². The lowest BCUT2D eigenvalue weighted by molar-refractivity contribution is -0.133. The predicted molar refractivity (Wildman–Crippen MR) is 68.5 cm³/mol. The Morgan fingerprint density at radius 1 is 1.16 bits per heavy atom. The van der Waals surface area contributed by atoms with Crippen LogP contribution in [0.2, 0.25) is 0 Å². The largest absolute Gasteiger partial charge is 0.478 e. The van der Waals surface area contributed by atoms with Gasteiger partial charge in [0.25, 0.3) is 0 Å². The number of ketones is 2. The molecular weight excluding hydrogens is 250 g/mol. The fourth-order valence-corrected chi connectivity index (χ4v) is 1.39. The molecule has 1 atom stereocenters. The van der Waals surface area contributed by atoms with Crippen molar-refractivity contribution in [2.24, 2.45) is 5.41 Å². The fraction of sp³-hybridized carbons (Fsp3) is 0.538. The van der Waals surface area contributed by atoms with Crippen molar-refractivity contribution in [3.63, 3.8) is 0 Å². The van der Waals surface area contributed by atoms with Crippen molar-refractivity contribution >= 4 is 23.4 Å². The third-order valence-electron chi connectivity index (χ3n) is 2.24. The molecular formula is C13H19NO5. The summed E-state index contributed by atoms with van der Waals surface area (Å²) in [5, 5.41) is 10.7. The third kappa shape index (κ3) is 7.13. The minimum atomic E-state index is -1.26. The van der Waals surface area contributed by atoms with E-state index in [4.69, 9.17) is 5.11 Å². The Morgan fingerprint density at radius 2 is 1.68 bits per heavy atom. The number of Topliss-reactive ketones (excluding diaryl/α,β-unsaturated/α-hetero) is 2. The summed E-state index contributed by atoms with van der Waals surface area (Å²) in [4.78, 5) is 44.9. The van der Waals surface area contributed by atoms with Crippen LogP contribution in [0.3, 0.4) is 0 Å². The number of carbonyl (C=O) groups is 4. The van der Waals surface area contributed by atoms with Gasteiger partial charge < -0.3 is 10.4 Å². The number of carboxylic acids is 1. The average molecular weight is 269 g/mol. The van der Waals surface area contributed by atoms with E-state index in [1.54, 1.807) is 20.8 Å². The molecule has 0 fully saturated rings. The van der Waals surface area contributed by atoms with E-state index in [2.05, 4.69) is 5.32 Å². The molecule has 2 N–H and O–H groups in total. The monoisotopic (exact) mass is 269 g/mol. The lowest BCUT2D eigenvalue weighted by Gasteiger charge is -2.24. The molecule has 0 heterocycles. The zero-order chi connectivity index (χ0) is 15.2. The van der Waals surface area contributed by atoms with Crippen LogP contribution < -0.4 is 5.32 Å². The second kappa shape index (κ2) is 6.82. The number of aliphatic carboxylic acids is 1. The number of hydrogen-bond acceptors (Lipinski definition) is 4. The molecule has 6 nitrogen and oxygen atoms in total. The van der Waals surface area contributed by atoms with Crippen molar-refractivity contribution in [1.82, 2.24) is 5.32 Å². The van der Waals surface area contributed by atoms with Crippen LogP contribution in [0, 0.1) is 5.41 Å². The molecule has 0 aliphatic rings. The molecule has 0 aliphatic heterocycles. The number of carboxylic acid groups (broad SMARTS) is 1. The molecule has 0 aliphatic carbocycles. The molecule has 0 aromatic rings. The van der Waals surface area contributed by atoms with Crippen molar-refractivity contribution in [3.8, 4) is 0 Å². The highest BCUT2D eigenvalue weighted by atomic mass is 16.4. The molecule has 106 valence electrons. The Hall–Kier alpha value is -1.98. The van der Waals surface area contributed by atoms with Crippen molar-refractivity contribution in [2.45, 2.75) is 40.2 Å². The number of carbonyl (C=O) groups excluding carboxylic acids is 3. The van der Waals surface area contributed by atoms with Gasteiger partial charge in [0, 0.05) is 24.0 Å². The molecule has 1 unspecified atom stereocenters. The highest BCUT2D eigenvalue weighted by molar-refractivity contribution is 5.99. The van der Waals surface area contributed by atoms with Gasteiger partial charge in [-0.15, -0.1) is 0 Å². The van der Waals surface area contributed by atoms with Crippen LogP contribution in [0.5, 0.6) is 0 Å². The fourth-order valence-electron chi connectivity index (χ4n) is 1.39. The topological polar surface area (TPSA) is 101 Å². The molecule has 0 saturated carbocycles. The van der Waals surface area contributed by atoms with E-state index in [0.29, 0.717) is 6.08 Å². The molecule has 0 radical (unpaired) electrons. The summed E-state index contributed by atoms with van der Waals surface area (Å²) < 4.78 is 0. The maximum atomic E-state index is 12.1. The van der Waals surface area contributed by atoms with E-state index in [-0.39, 0.29) is 18.0 Å². The van der Waals surface area contributed by atoms with Gasteiger partial charge in [-0.1, -0.05) is 20.8 Å². The first kappa shape index (κ1) is 17.0. The summed E-state index contributed by atoms with van der Waals surface area (Å²) in [5.74, 6) is -2.49. The Labute approximate surface area is 111 Å². The molecule has 1 amide bonds. The zero-order valence-electron chi connectivity index (χ0n) is 11.5. The molecule has 6 heteroatoms. The third-order valence-corrected chi connectivity index (χ3v) is 2.24. The van der Waals surface area contributed by atoms with Crippen LogP contribution in [-0.2, 0) is 19.2 Å². The van der Waals surface area contributed by atoms with Crippen molar-refractivity contribution in [1.29, 1.82) is 0 Å². The first-order chi connectivity index (χ1) is 8.54. The molecule has 0 bridgehead atoms. The predicted octanol–water partition coefficient (Wildman–Crippen LogP) is 0.706. The van der Waals surface area contributed by atoms with Crippen LogP contribution in [0.15, 0.2) is 12.2 Å². The standard InChI is InChI=1S/C13H19NO5/c1-8(15)7-9(12(19)13(2,3)4)14-10(16)5-6-11(17)18/h5-6,9H,7H2,1-4H3,(H,14,16)(H,17,18)/b6-5-. The Morgan fingerprint density at radius 3 is 2.05 bits per heavy atom. The minimum absolute atomic E-state index is 0.108. The van der Waals surface area contributed by atoms with Gasteiger partial charge in [0.2, 0.25) is 5.91 Å². The average Bonchev–Trinajstić information content (AvgIpc) is 2.22. The number of hydrogen-bond donors (Lipinski definition) is 2.